The Balaban J connectivity index is 1.95. The van der Waals surface area contributed by atoms with Crippen molar-refractivity contribution >= 4 is 9.84 Å². The zero-order chi connectivity index (χ0) is 11.1. The molecule has 0 aromatic rings. The Labute approximate surface area is 89.5 Å². The molecule has 1 heterocycles. The third-order valence-electron chi connectivity index (χ3n) is 3.13. The molecule has 2 rings (SSSR count). The lowest BCUT2D eigenvalue weighted by molar-refractivity contribution is -0.0545. The van der Waals surface area contributed by atoms with E-state index in [0.29, 0.717) is 0 Å². The van der Waals surface area contributed by atoms with Crippen molar-refractivity contribution in [1.82, 2.24) is 0 Å². The van der Waals surface area contributed by atoms with Crippen LogP contribution in [0.1, 0.15) is 19.3 Å². The number of hydrogen-bond acceptors (Lipinski definition) is 5. The molecule has 4 atom stereocenters. The molecule has 0 spiro atoms. The smallest absolute Gasteiger partial charge is 0.155 e. The molecule has 0 radical (unpaired) electrons. The lowest BCUT2D eigenvalue weighted by atomic mass is 10.2. The minimum Gasteiger partial charge on any atom is -0.389 e. The van der Waals surface area contributed by atoms with E-state index in [0.717, 1.165) is 19.3 Å². The topological polar surface area (TPSA) is 89.6 Å². The Bertz CT molecular complexity index is 329. The summed E-state index contributed by atoms with van der Waals surface area (Å²) in [7, 11) is -3.12. The largest absolute Gasteiger partial charge is 0.389 e. The third kappa shape index (κ3) is 2.50. The molecule has 1 saturated carbocycles. The minimum atomic E-state index is -3.12. The molecule has 15 heavy (non-hydrogen) atoms. The van der Waals surface area contributed by atoms with Gasteiger partial charge < -0.3 is 15.6 Å². The summed E-state index contributed by atoms with van der Waals surface area (Å²) >= 11 is 0. The molecule has 1 aliphatic heterocycles. The highest BCUT2D eigenvalue weighted by molar-refractivity contribution is 7.91. The molecule has 2 fully saturated rings. The monoisotopic (exact) mass is 235 g/mol. The van der Waals surface area contributed by atoms with Crippen LogP contribution in [0.5, 0.6) is 0 Å². The quantitative estimate of drug-likeness (QED) is 0.643. The van der Waals surface area contributed by atoms with Crippen LogP contribution in [0.2, 0.25) is 0 Å². The van der Waals surface area contributed by atoms with Crippen LogP contribution in [0.25, 0.3) is 0 Å². The van der Waals surface area contributed by atoms with Gasteiger partial charge in [-0.05, 0) is 19.3 Å². The van der Waals surface area contributed by atoms with Gasteiger partial charge in [0.25, 0.3) is 0 Å². The highest BCUT2D eigenvalue weighted by atomic mass is 32.2. The lowest BCUT2D eigenvalue weighted by Crippen LogP contribution is -2.38. The van der Waals surface area contributed by atoms with Gasteiger partial charge in [0.05, 0.1) is 29.8 Å². The summed E-state index contributed by atoms with van der Waals surface area (Å²) in [5.74, 6) is -0.253. The second kappa shape index (κ2) is 4.01. The van der Waals surface area contributed by atoms with E-state index >= 15 is 0 Å². The molecule has 0 aromatic carbocycles. The first-order valence-corrected chi connectivity index (χ1v) is 7.09. The molecule has 6 heteroatoms. The fourth-order valence-electron chi connectivity index (χ4n) is 2.28. The van der Waals surface area contributed by atoms with Crippen molar-refractivity contribution in [3.63, 3.8) is 0 Å². The van der Waals surface area contributed by atoms with Crippen LogP contribution < -0.4 is 5.73 Å². The summed E-state index contributed by atoms with van der Waals surface area (Å²) in [5, 5.41) is 9.53. The van der Waals surface area contributed by atoms with Crippen LogP contribution >= 0.6 is 0 Å². The molecule has 4 unspecified atom stereocenters. The van der Waals surface area contributed by atoms with E-state index in [1.807, 2.05) is 0 Å². The van der Waals surface area contributed by atoms with Gasteiger partial charge in [0.1, 0.15) is 0 Å². The van der Waals surface area contributed by atoms with Gasteiger partial charge >= 0.3 is 0 Å². The number of aliphatic hydroxyl groups is 1. The average Bonchev–Trinajstić information content (AvgIpc) is 2.59. The molecule has 0 bridgehead atoms. The zero-order valence-corrected chi connectivity index (χ0v) is 9.32. The maximum absolute atomic E-state index is 11.2. The minimum absolute atomic E-state index is 0.0134. The van der Waals surface area contributed by atoms with Crippen LogP contribution in [-0.2, 0) is 14.6 Å². The van der Waals surface area contributed by atoms with E-state index in [4.69, 9.17) is 10.5 Å². The van der Waals surface area contributed by atoms with Crippen LogP contribution in [0.3, 0.4) is 0 Å². The molecule has 1 saturated heterocycles. The summed E-state index contributed by atoms with van der Waals surface area (Å²) < 4.78 is 28.0. The molecule has 88 valence electrons. The molecule has 0 amide bonds. The second-order valence-electron chi connectivity index (χ2n) is 4.45. The summed E-state index contributed by atoms with van der Waals surface area (Å²) in [6, 6.07) is -0.0134. The number of hydrogen-bond donors (Lipinski definition) is 2. The maximum Gasteiger partial charge on any atom is 0.155 e. The molecular weight excluding hydrogens is 218 g/mol. The van der Waals surface area contributed by atoms with Crippen molar-refractivity contribution < 1.29 is 18.3 Å². The van der Waals surface area contributed by atoms with Crippen LogP contribution in [-0.4, -0.2) is 49.4 Å². The number of ether oxygens (including phenoxy) is 1. The molecule has 5 nitrogen and oxygen atoms in total. The lowest BCUT2D eigenvalue weighted by Gasteiger charge is -2.22. The Kier molecular flexibility index (Phi) is 3.03. The first-order chi connectivity index (χ1) is 6.98. The SMILES string of the molecule is NC1CCCC1OC1CS(=O)(=O)CC1O. The average molecular weight is 235 g/mol. The van der Waals surface area contributed by atoms with E-state index in [9.17, 15) is 13.5 Å². The number of nitrogens with two attached hydrogens (primary N) is 1. The predicted molar refractivity (Wildman–Crippen MR) is 55.1 cm³/mol. The number of rotatable bonds is 2. The van der Waals surface area contributed by atoms with Gasteiger partial charge in [-0.15, -0.1) is 0 Å². The number of sulfone groups is 1. The van der Waals surface area contributed by atoms with E-state index in [1.165, 1.54) is 0 Å². The van der Waals surface area contributed by atoms with Gasteiger partial charge in [-0.25, -0.2) is 8.42 Å². The van der Waals surface area contributed by atoms with Crippen LogP contribution in [0.4, 0.5) is 0 Å². The van der Waals surface area contributed by atoms with Gasteiger partial charge in [-0.1, -0.05) is 0 Å². The Morgan fingerprint density at radius 1 is 1.20 bits per heavy atom. The summed E-state index contributed by atoms with van der Waals surface area (Å²) in [6.45, 7) is 0. The molecule has 3 N–H and O–H groups in total. The highest BCUT2D eigenvalue weighted by Gasteiger charge is 2.40. The van der Waals surface area contributed by atoms with Gasteiger partial charge in [-0.3, -0.25) is 0 Å². The number of aliphatic hydroxyl groups excluding tert-OH is 1. The maximum atomic E-state index is 11.2. The van der Waals surface area contributed by atoms with Crippen molar-refractivity contribution in [1.29, 1.82) is 0 Å². The normalized spacial score (nSPS) is 44.7. The summed E-state index contributed by atoms with van der Waals surface area (Å²) in [4.78, 5) is 0. The van der Waals surface area contributed by atoms with Gasteiger partial charge in [0.2, 0.25) is 0 Å². The molecule has 2 aliphatic rings. The van der Waals surface area contributed by atoms with Gasteiger partial charge in [0, 0.05) is 6.04 Å². The van der Waals surface area contributed by atoms with Crippen molar-refractivity contribution in [2.24, 2.45) is 5.73 Å². The van der Waals surface area contributed by atoms with Crippen molar-refractivity contribution in [2.75, 3.05) is 11.5 Å². The van der Waals surface area contributed by atoms with Crippen molar-refractivity contribution in [3.8, 4) is 0 Å². The molecule has 1 aliphatic carbocycles. The Morgan fingerprint density at radius 3 is 2.40 bits per heavy atom. The second-order valence-corrected chi connectivity index (χ2v) is 6.61. The van der Waals surface area contributed by atoms with E-state index in [1.54, 1.807) is 0 Å². The fourth-order valence-corrected chi connectivity index (χ4v) is 3.95. The van der Waals surface area contributed by atoms with Gasteiger partial charge in [-0.2, -0.15) is 0 Å². The van der Waals surface area contributed by atoms with Gasteiger partial charge in [0.15, 0.2) is 9.84 Å². The standard InChI is InChI=1S/C9H17NO4S/c10-6-2-1-3-8(6)14-9-5-15(12,13)4-7(9)11/h6-9,11H,1-5,10H2. The third-order valence-corrected chi connectivity index (χ3v) is 4.81. The Hall–Kier alpha value is -0.170. The van der Waals surface area contributed by atoms with Crippen molar-refractivity contribution in [2.45, 2.75) is 43.6 Å². The highest BCUT2D eigenvalue weighted by Crippen LogP contribution is 2.25. The van der Waals surface area contributed by atoms with E-state index in [2.05, 4.69) is 0 Å². The van der Waals surface area contributed by atoms with E-state index in [-0.39, 0.29) is 23.7 Å². The Morgan fingerprint density at radius 2 is 1.93 bits per heavy atom. The molecular formula is C9H17NO4S. The first-order valence-electron chi connectivity index (χ1n) is 5.27. The van der Waals surface area contributed by atoms with Crippen molar-refractivity contribution in [3.05, 3.63) is 0 Å². The fraction of sp³-hybridized carbons (Fsp3) is 1.00. The first kappa shape index (κ1) is 11.3. The summed E-state index contributed by atoms with van der Waals surface area (Å²) in [5.41, 5.74) is 5.81. The van der Waals surface area contributed by atoms with Crippen LogP contribution in [0.15, 0.2) is 0 Å². The zero-order valence-electron chi connectivity index (χ0n) is 8.50. The predicted octanol–water partition coefficient (Wildman–Crippen LogP) is -0.959. The molecule has 0 aromatic heterocycles. The summed E-state index contributed by atoms with van der Waals surface area (Å²) in [6.07, 6.45) is 1.25. The van der Waals surface area contributed by atoms with E-state index < -0.39 is 22.0 Å². The van der Waals surface area contributed by atoms with Crippen LogP contribution in [0, 0.1) is 0 Å².